The number of aromatic nitrogens is 6. The predicted molar refractivity (Wildman–Crippen MR) is 111 cm³/mol. The van der Waals surface area contributed by atoms with Crippen molar-refractivity contribution in [1.82, 2.24) is 29.8 Å². The van der Waals surface area contributed by atoms with E-state index in [1.165, 1.54) is 5.56 Å². The van der Waals surface area contributed by atoms with Crippen molar-refractivity contribution >= 4 is 11.7 Å². The quantitative estimate of drug-likeness (QED) is 0.509. The van der Waals surface area contributed by atoms with Crippen molar-refractivity contribution in [2.45, 2.75) is 19.9 Å². The van der Waals surface area contributed by atoms with Crippen LogP contribution in [-0.2, 0) is 13.0 Å². The molecule has 0 aliphatic carbocycles. The Bertz CT molecular complexity index is 1150. The fraction of sp³-hybridized carbons (Fsp3) is 0.190. The summed E-state index contributed by atoms with van der Waals surface area (Å²) in [5.74, 6) is 0.803. The van der Waals surface area contributed by atoms with Gasteiger partial charge in [-0.1, -0.05) is 11.3 Å². The van der Waals surface area contributed by atoms with Crippen molar-refractivity contribution in [3.63, 3.8) is 0 Å². The summed E-state index contributed by atoms with van der Waals surface area (Å²) >= 11 is 0. The lowest BCUT2D eigenvalue weighted by Crippen LogP contribution is -2.15. The smallest absolute Gasteiger partial charge is 0.279 e. The second-order valence-corrected chi connectivity index (χ2v) is 6.66. The molecule has 3 heterocycles. The summed E-state index contributed by atoms with van der Waals surface area (Å²) < 4.78 is 8.63. The van der Waals surface area contributed by atoms with Gasteiger partial charge in [-0.05, 0) is 43.2 Å². The first-order chi connectivity index (χ1) is 14.6. The van der Waals surface area contributed by atoms with Crippen LogP contribution in [0.2, 0.25) is 0 Å². The Kier molecular flexibility index (Phi) is 5.51. The number of ether oxygens (including phenoxy) is 1. The van der Waals surface area contributed by atoms with Gasteiger partial charge in [-0.2, -0.15) is 5.10 Å². The number of nitrogens with one attached hydrogen (secondary N) is 1. The molecule has 4 rings (SSSR count). The topological polar surface area (TPSA) is 99.8 Å². The zero-order valence-electron chi connectivity index (χ0n) is 16.7. The maximum absolute atomic E-state index is 12.7. The van der Waals surface area contributed by atoms with Crippen molar-refractivity contribution in [2.75, 3.05) is 12.4 Å². The number of carbonyl (C=O) groups excluding carboxylic acids is 1. The van der Waals surface area contributed by atoms with Gasteiger partial charge < -0.3 is 10.1 Å². The maximum atomic E-state index is 12.7. The third-order valence-electron chi connectivity index (χ3n) is 4.67. The zero-order valence-corrected chi connectivity index (χ0v) is 16.7. The number of rotatable bonds is 7. The first-order valence-electron chi connectivity index (χ1n) is 9.44. The lowest BCUT2D eigenvalue weighted by molar-refractivity contribution is 0.102. The molecule has 0 saturated carbocycles. The van der Waals surface area contributed by atoms with E-state index in [1.807, 2.05) is 42.6 Å². The van der Waals surface area contributed by atoms with Crippen LogP contribution in [0.25, 0.3) is 5.69 Å². The Morgan fingerprint density at radius 1 is 1.17 bits per heavy atom. The number of benzene rings is 1. The summed E-state index contributed by atoms with van der Waals surface area (Å²) in [5, 5.41) is 15.3. The molecule has 4 aromatic rings. The Labute approximate surface area is 173 Å². The number of methoxy groups -OCH3 is 1. The molecule has 0 spiro atoms. The van der Waals surface area contributed by atoms with E-state index in [2.05, 4.69) is 25.7 Å². The molecule has 1 N–H and O–H groups in total. The number of hydrogen-bond donors (Lipinski definition) is 1. The molecular weight excluding hydrogens is 382 g/mol. The molecule has 0 bridgehead atoms. The number of nitrogens with zero attached hydrogens (tertiary/aromatic N) is 6. The van der Waals surface area contributed by atoms with E-state index in [9.17, 15) is 4.79 Å². The van der Waals surface area contributed by atoms with Gasteiger partial charge in [0.2, 0.25) is 0 Å². The van der Waals surface area contributed by atoms with Crippen LogP contribution in [0.15, 0.2) is 61.1 Å². The van der Waals surface area contributed by atoms with Crippen LogP contribution in [0.5, 0.6) is 5.75 Å². The molecule has 9 heteroatoms. The molecule has 9 nitrogen and oxygen atoms in total. The fourth-order valence-electron chi connectivity index (χ4n) is 3.05. The Balaban J connectivity index is 1.43. The minimum Gasteiger partial charge on any atom is -0.497 e. The summed E-state index contributed by atoms with van der Waals surface area (Å²) in [6, 6.07) is 13.1. The monoisotopic (exact) mass is 403 g/mol. The highest BCUT2D eigenvalue weighted by Gasteiger charge is 2.18. The number of aryl methyl sites for hydroxylation is 2. The summed E-state index contributed by atoms with van der Waals surface area (Å²) in [5.41, 5.74) is 2.80. The van der Waals surface area contributed by atoms with Gasteiger partial charge in [0.15, 0.2) is 11.5 Å². The molecule has 0 radical (unpaired) electrons. The third kappa shape index (κ3) is 4.19. The van der Waals surface area contributed by atoms with Gasteiger partial charge in [0.1, 0.15) is 5.75 Å². The van der Waals surface area contributed by atoms with Gasteiger partial charge in [-0.25, -0.2) is 4.68 Å². The van der Waals surface area contributed by atoms with E-state index in [0.29, 0.717) is 23.8 Å². The summed E-state index contributed by atoms with van der Waals surface area (Å²) in [7, 11) is 1.60. The summed E-state index contributed by atoms with van der Waals surface area (Å²) in [4.78, 5) is 16.7. The van der Waals surface area contributed by atoms with E-state index in [1.54, 1.807) is 41.9 Å². The normalized spacial score (nSPS) is 10.7. The van der Waals surface area contributed by atoms with Crippen LogP contribution in [0, 0.1) is 6.92 Å². The predicted octanol–water partition coefficient (Wildman–Crippen LogP) is 2.67. The van der Waals surface area contributed by atoms with E-state index in [-0.39, 0.29) is 11.6 Å². The number of carbonyl (C=O) groups is 1. The summed E-state index contributed by atoms with van der Waals surface area (Å²) in [6.45, 7) is 2.49. The average Bonchev–Trinajstić information content (AvgIpc) is 3.39. The average molecular weight is 403 g/mol. The van der Waals surface area contributed by atoms with Crippen LogP contribution < -0.4 is 10.1 Å². The van der Waals surface area contributed by atoms with E-state index < -0.39 is 0 Å². The first-order valence-corrected chi connectivity index (χ1v) is 9.44. The third-order valence-corrected chi connectivity index (χ3v) is 4.67. The van der Waals surface area contributed by atoms with Crippen molar-refractivity contribution in [3.05, 3.63) is 78.0 Å². The maximum Gasteiger partial charge on any atom is 0.279 e. The van der Waals surface area contributed by atoms with Gasteiger partial charge in [0.25, 0.3) is 5.91 Å². The number of hydrogen-bond acceptors (Lipinski definition) is 6. The van der Waals surface area contributed by atoms with Gasteiger partial charge in [0.05, 0.1) is 18.5 Å². The molecule has 152 valence electrons. The van der Waals surface area contributed by atoms with Crippen molar-refractivity contribution < 1.29 is 9.53 Å². The zero-order chi connectivity index (χ0) is 20.9. The van der Waals surface area contributed by atoms with E-state index >= 15 is 0 Å². The summed E-state index contributed by atoms with van der Waals surface area (Å²) in [6.07, 6.45) is 6.19. The van der Waals surface area contributed by atoms with Crippen LogP contribution in [0.1, 0.15) is 21.7 Å². The van der Waals surface area contributed by atoms with Crippen molar-refractivity contribution in [2.24, 2.45) is 0 Å². The number of amides is 1. The molecule has 1 aromatic carbocycles. The highest BCUT2D eigenvalue weighted by atomic mass is 16.5. The minimum absolute atomic E-state index is 0.240. The molecule has 0 unspecified atom stereocenters. The standard InChI is InChI=1S/C21H21N7O2/c1-15-20(24-26-28(15)17-4-3-5-18(14-17)30-2)21(29)23-19-9-13-27(25-19)12-8-16-6-10-22-11-7-16/h3-7,9-11,13-14H,8,12H2,1-2H3,(H,23,25,29). The molecule has 3 aromatic heterocycles. The molecule has 0 aliphatic rings. The SMILES string of the molecule is COc1cccc(-n2nnc(C(=O)Nc3ccn(CCc4ccncc4)n3)c2C)c1. The largest absolute Gasteiger partial charge is 0.497 e. The molecule has 0 saturated heterocycles. The highest BCUT2D eigenvalue weighted by Crippen LogP contribution is 2.18. The van der Waals surface area contributed by atoms with E-state index in [0.717, 1.165) is 12.1 Å². The molecule has 0 fully saturated rings. The van der Waals surface area contributed by atoms with Crippen molar-refractivity contribution in [3.8, 4) is 11.4 Å². The Hall–Kier alpha value is -4.01. The fourth-order valence-corrected chi connectivity index (χ4v) is 3.05. The highest BCUT2D eigenvalue weighted by molar-refractivity contribution is 6.03. The first kappa shape index (κ1) is 19.3. The minimum atomic E-state index is -0.360. The molecule has 0 aliphatic heterocycles. The lowest BCUT2D eigenvalue weighted by Gasteiger charge is -2.06. The Morgan fingerprint density at radius 3 is 2.80 bits per heavy atom. The molecule has 0 atom stereocenters. The van der Waals surface area contributed by atoms with E-state index in [4.69, 9.17) is 4.74 Å². The molecular formula is C21H21N7O2. The van der Waals surface area contributed by atoms with Crippen LogP contribution in [0.3, 0.4) is 0 Å². The van der Waals surface area contributed by atoms with Crippen LogP contribution in [-0.4, -0.2) is 42.8 Å². The molecule has 30 heavy (non-hydrogen) atoms. The second-order valence-electron chi connectivity index (χ2n) is 6.66. The van der Waals surface area contributed by atoms with Gasteiger partial charge >= 0.3 is 0 Å². The van der Waals surface area contributed by atoms with Gasteiger partial charge in [-0.15, -0.1) is 5.10 Å². The number of pyridine rings is 1. The second kappa shape index (κ2) is 8.56. The van der Waals surface area contributed by atoms with Gasteiger partial charge in [0, 0.05) is 37.3 Å². The van der Waals surface area contributed by atoms with Gasteiger partial charge in [-0.3, -0.25) is 14.5 Å². The lowest BCUT2D eigenvalue weighted by atomic mass is 10.2. The van der Waals surface area contributed by atoms with Crippen molar-refractivity contribution in [1.29, 1.82) is 0 Å². The number of anilines is 1. The van der Waals surface area contributed by atoms with Crippen LogP contribution >= 0.6 is 0 Å². The van der Waals surface area contributed by atoms with Crippen LogP contribution in [0.4, 0.5) is 5.82 Å². The molecule has 1 amide bonds. The Morgan fingerprint density at radius 2 is 2.00 bits per heavy atom.